The summed E-state index contributed by atoms with van der Waals surface area (Å²) in [4.78, 5) is 24.9. The van der Waals surface area contributed by atoms with Crippen LogP contribution in [0.15, 0.2) is 46.3 Å². The van der Waals surface area contributed by atoms with Crippen LogP contribution in [0.25, 0.3) is 10.8 Å². The zero-order chi connectivity index (χ0) is 21.3. The lowest BCUT2D eigenvalue weighted by molar-refractivity contribution is 0.0950. The fourth-order valence-electron chi connectivity index (χ4n) is 3.52. The predicted octanol–water partition coefficient (Wildman–Crippen LogP) is 2.42. The number of hydrazone groups is 1. The maximum atomic E-state index is 12.7. The van der Waals surface area contributed by atoms with Crippen LogP contribution in [0.2, 0.25) is 0 Å². The van der Waals surface area contributed by atoms with Crippen molar-refractivity contribution in [1.29, 1.82) is 0 Å². The van der Waals surface area contributed by atoms with Crippen LogP contribution < -0.4 is 20.5 Å². The van der Waals surface area contributed by atoms with Crippen molar-refractivity contribution in [3.8, 4) is 11.5 Å². The van der Waals surface area contributed by atoms with Gasteiger partial charge >= 0.3 is 0 Å². The second-order valence-corrected chi connectivity index (χ2v) is 7.09. The number of nitrogens with zero attached hydrogens (tertiary/aromatic N) is 3. The molecule has 0 bridgehead atoms. The van der Waals surface area contributed by atoms with Crippen LogP contribution in [-0.2, 0) is 13.5 Å². The minimum Gasteiger partial charge on any atom is -0.493 e. The summed E-state index contributed by atoms with van der Waals surface area (Å²) >= 11 is 0. The highest BCUT2D eigenvalue weighted by atomic mass is 16.5. The average Bonchev–Trinajstić information content (AvgIpc) is 3.09. The third kappa shape index (κ3) is 3.63. The standard InChI is InChI=1S/C22H22N4O4/c1-4-29-18-10-14-9-13(2)30-19(14)11-15(18)12-23-24-21(27)20-16-7-5-6-8-17(16)22(28)26(3)25-20/h5-8,10-13H,4,9H2,1-3H3,(H,24,27)/b23-12-/t13-/m0/s1. The summed E-state index contributed by atoms with van der Waals surface area (Å²) in [7, 11) is 1.51. The Bertz CT molecular complexity index is 1220. The largest absolute Gasteiger partial charge is 0.493 e. The Morgan fingerprint density at radius 3 is 2.90 bits per heavy atom. The average molecular weight is 406 g/mol. The molecule has 0 unspecified atom stereocenters. The van der Waals surface area contributed by atoms with Crippen LogP contribution in [0.1, 0.15) is 35.5 Å². The molecule has 4 rings (SSSR count). The van der Waals surface area contributed by atoms with Crippen molar-refractivity contribution in [2.45, 2.75) is 26.4 Å². The van der Waals surface area contributed by atoms with Gasteiger partial charge in [0.15, 0.2) is 5.69 Å². The number of benzene rings is 2. The second kappa shape index (κ2) is 7.98. The topological polar surface area (TPSA) is 94.8 Å². The van der Waals surface area contributed by atoms with E-state index in [4.69, 9.17) is 9.47 Å². The number of carbonyl (C=O) groups excluding carboxylic acids is 1. The number of aryl methyl sites for hydroxylation is 1. The Labute approximate surface area is 173 Å². The van der Waals surface area contributed by atoms with E-state index < -0.39 is 5.91 Å². The van der Waals surface area contributed by atoms with E-state index in [1.54, 1.807) is 24.3 Å². The monoisotopic (exact) mass is 406 g/mol. The Morgan fingerprint density at radius 2 is 2.13 bits per heavy atom. The first-order valence-electron chi connectivity index (χ1n) is 9.73. The fourth-order valence-corrected chi connectivity index (χ4v) is 3.52. The van der Waals surface area contributed by atoms with E-state index in [1.807, 2.05) is 26.0 Å². The van der Waals surface area contributed by atoms with Crippen LogP contribution in [-0.4, -0.2) is 34.6 Å². The summed E-state index contributed by atoms with van der Waals surface area (Å²) in [5.74, 6) is 0.962. The van der Waals surface area contributed by atoms with Crippen molar-refractivity contribution in [2.24, 2.45) is 12.1 Å². The summed E-state index contributed by atoms with van der Waals surface area (Å²) in [6.45, 7) is 4.43. The number of hydrogen-bond donors (Lipinski definition) is 1. The lowest BCUT2D eigenvalue weighted by Crippen LogP contribution is -2.27. The number of fused-ring (bicyclic) bond motifs is 2. The van der Waals surface area contributed by atoms with Gasteiger partial charge in [0.2, 0.25) is 0 Å². The summed E-state index contributed by atoms with van der Waals surface area (Å²) in [6.07, 6.45) is 2.46. The van der Waals surface area contributed by atoms with Crippen molar-refractivity contribution in [3.63, 3.8) is 0 Å². The fraction of sp³-hybridized carbons (Fsp3) is 0.273. The molecule has 8 nitrogen and oxygen atoms in total. The van der Waals surface area contributed by atoms with Gasteiger partial charge in [-0.1, -0.05) is 18.2 Å². The van der Waals surface area contributed by atoms with Gasteiger partial charge in [0.1, 0.15) is 17.6 Å². The lowest BCUT2D eigenvalue weighted by atomic mass is 10.1. The van der Waals surface area contributed by atoms with Gasteiger partial charge in [0, 0.05) is 30.0 Å². The van der Waals surface area contributed by atoms with Gasteiger partial charge in [-0.15, -0.1) is 0 Å². The molecule has 0 fully saturated rings. The van der Waals surface area contributed by atoms with Crippen molar-refractivity contribution in [1.82, 2.24) is 15.2 Å². The molecule has 2 aromatic carbocycles. The molecule has 1 aromatic heterocycles. The molecule has 2 heterocycles. The molecular formula is C22H22N4O4. The third-order valence-electron chi connectivity index (χ3n) is 4.87. The van der Waals surface area contributed by atoms with E-state index in [9.17, 15) is 9.59 Å². The zero-order valence-corrected chi connectivity index (χ0v) is 17.0. The van der Waals surface area contributed by atoms with Gasteiger partial charge in [-0.3, -0.25) is 9.59 Å². The van der Waals surface area contributed by atoms with Gasteiger partial charge in [-0.2, -0.15) is 10.2 Å². The number of carbonyl (C=O) groups is 1. The van der Waals surface area contributed by atoms with E-state index in [-0.39, 0.29) is 17.4 Å². The first-order chi connectivity index (χ1) is 14.5. The van der Waals surface area contributed by atoms with E-state index in [0.29, 0.717) is 28.7 Å². The van der Waals surface area contributed by atoms with E-state index in [1.165, 1.54) is 13.3 Å². The quantitative estimate of drug-likeness (QED) is 0.519. The van der Waals surface area contributed by atoms with Gasteiger partial charge in [0.25, 0.3) is 11.5 Å². The first kappa shape index (κ1) is 19.6. The van der Waals surface area contributed by atoms with Crippen molar-refractivity contribution in [2.75, 3.05) is 6.61 Å². The molecule has 1 aliphatic heterocycles. The molecule has 8 heteroatoms. The Kier molecular flexibility index (Phi) is 5.22. The summed E-state index contributed by atoms with van der Waals surface area (Å²) in [5.41, 5.74) is 4.14. The van der Waals surface area contributed by atoms with E-state index >= 15 is 0 Å². The molecule has 1 N–H and O–H groups in total. The molecule has 1 atom stereocenters. The minimum absolute atomic E-state index is 0.116. The van der Waals surface area contributed by atoms with Crippen LogP contribution in [0.4, 0.5) is 0 Å². The molecule has 1 aliphatic rings. The number of nitrogens with one attached hydrogen (secondary N) is 1. The van der Waals surface area contributed by atoms with Crippen molar-refractivity contribution < 1.29 is 14.3 Å². The number of ether oxygens (including phenoxy) is 2. The number of hydrogen-bond acceptors (Lipinski definition) is 6. The molecule has 3 aromatic rings. The Morgan fingerprint density at radius 1 is 1.37 bits per heavy atom. The Balaban J connectivity index is 1.61. The molecule has 154 valence electrons. The van der Waals surface area contributed by atoms with Crippen molar-refractivity contribution >= 4 is 22.9 Å². The van der Waals surface area contributed by atoms with Crippen LogP contribution >= 0.6 is 0 Å². The smallest absolute Gasteiger partial charge is 0.292 e. The number of rotatable bonds is 5. The molecule has 0 spiro atoms. The highest BCUT2D eigenvalue weighted by Gasteiger charge is 2.21. The first-order valence-corrected chi connectivity index (χ1v) is 9.73. The lowest BCUT2D eigenvalue weighted by Gasteiger charge is -2.10. The molecule has 0 saturated heterocycles. The third-order valence-corrected chi connectivity index (χ3v) is 4.87. The molecule has 0 radical (unpaired) electrons. The highest BCUT2D eigenvalue weighted by molar-refractivity contribution is 6.05. The molecule has 0 aliphatic carbocycles. The van der Waals surface area contributed by atoms with Crippen LogP contribution in [0.5, 0.6) is 11.5 Å². The zero-order valence-electron chi connectivity index (χ0n) is 17.0. The summed E-state index contributed by atoms with van der Waals surface area (Å²) in [6, 6.07) is 10.7. The van der Waals surface area contributed by atoms with Gasteiger partial charge in [-0.05, 0) is 32.0 Å². The minimum atomic E-state index is -0.512. The maximum Gasteiger partial charge on any atom is 0.292 e. The van der Waals surface area contributed by atoms with Gasteiger partial charge in [0.05, 0.1) is 18.2 Å². The van der Waals surface area contributed by atoms with Crippen LogP contribution in [0, 0.1) is 0 Å². The summed E-state index contributed by atoms with van der Waals surface area (Å²) in [5, 5.41) is 9.08. The molecule has 30 heavy (non-hydrogen) atoms. The van der Waals surface area contributed by atoms with Gasteiger partial charge < -0.3 is 9.47 Å². The van der Waals surface area contributed by atoms with Crippen LogP contribution in [0.3, 0.4) is 0 Å². The van der Waals surface area contributed by atoms with E-state index in [2.05, 4.69) is 15.6 Å². The number of aromatic nitrogens is 2. The second-order valence-electron chi connectivity index (χ2n) is 7.09. The predicted molar refractivity (Wildman–Crippen MR) is 113 cm³/mol. The van der Waals surface area contributed by atoms with Crippen molar-refractivity contribution in [3.05, 3.63) is 63.6 Å². The maximum absolute atomic E-state index is 12.7. The van der Waals surface area contributed by atoms with Gasteiger partial charge in [-0.25, -0.2) is 10.1 Å². The molecular weight excluding hydrogens is 384 g/mol. The molecule has 0 saturated carbocycles. The Hall–Kier alpha value is -3.68. The SMILES string of the molecule is CCOc1cc2c(cc1/C=N\NC(=O)c1nn(C)c(=O)c3ccccc13)O[C@@H](C)C2. The highest BCUT2D eigenvalue weighted by Crippen LogP contribution is 2.34. The number of amides is 1. The molecule has 1 amide bonds. The normalized spacial score (nSPS) is 15.2. The summed E-state index contributed by atoms with van der Waals surface area (Å²) < 4.78 is 12.7. The van der Waals surface area contributed by atoms with E-state index in [0.717, 1.165) is 22.4 Å².